The highest BCUT2D eigenvalue weighted by atomic mass is 32.2. The second-order valence-corrected chi connectivity index (χ2v) is 7.28. The van der Waals surface area contributed by atoms with Gasteiger partial charge in [-0.25, -0.2) is 8.42 Å². The predicted molar refractivity (Wildman–Crippen MR) is 81.2 cm³/mol. The maximum absolute atomic E-state index is 12.2. The Hall–Kier alpha value is -1.02. The van der Waals surface area contributed by atoms with Gasteiger partial charge in [-0.3, -0.25) is 4.72 Å². The van der Waals surface area contributed by atoms with E-state index < -0.39 is 10.0 Å². The molecule has 0 saturated heterocycles. The monoisotopic (exact) mass is 314 g/mol. The molecule has 4 nitrogen and oxygen atoms in total. The van der Waals surface area contributed by atoms with Crippen LogP contribution in [0, 0.1) is 0 Å². The summed E-state index contributed by atoms with van der Waals surface area (Å²) in [5, 5.41) is 1.73. The van der Waals surface area contributed by atoms with Crippen molar-refractivity contribution >= 4 is 38.8 Å². The molecule has 0 aliphatic rings. The lowest BCUT2D eigenvalue weighted by atomic mass is 10.3. The highest BCUT2D eigenvalue weighted by Crippen LogP contribution is 2.25. The van der Waals surface area contributed by atoms with Crippen molar-refractivity contribution in [1.29, 1.82) is 0 Å². The molecule has 3 N–H and O–H groups in total. The van der Waals surface area contributed by atoms with E-state index in [4.69, 9.17) is 5.73 Å². The first-order chi connectivity index (χ1) is 9.06. The van der Waals surface area contributed by atoms with Crippen LogP contribution in [0.5, 0.6) is 0 Å². The summed E-state index contributed by atoms with van der Waals surface area (Å²) in [7, 11) is -3.56. The number of nitrogens with one attached hydrogen (secondary N) is 1. The number of thioether (sulfide) groups is 1. The molecule has 1 aromatic carbocycles. The van der Waals surface area contributed by atoms with Crippen LogP contribution in [0.2, 0.25) is 0 Å². The maximum Gasteiger partial charge on any atom is 0.263 e. The zero-order valence-corrected chi connectivity index (χ0v) is 12.7. The standard InChI is InChI=1S/C12H14N2O2S3/c1-17-10-4-2-9(3-5-10)14-19(15,16)12-6-7-18-11(12)8-13/h2-7,14H,8,13H2,1H3. The average Bonchev–Trinajstić information content (AvgIpc) is 2.88. The summed E-state index contributed by atoms with van der Waals surface area (Å²) in [5.41, 5.74) is 6.09. The van der Waals surface area contributed by atoms with Crippen molar-refractivity contribution in [2.45, 2.75) is 16.3 Å². The molecular formula is C12H14N2O2S3. The molecule has 2 rings (SSSR count). The molecule has 0 aliphatic carbocycles. The van der Waals surface area contributed by atoms with E-state index >= 15 is 0 Å². The van der Waals surface area contributed by atoms with Crippen molar-refractivity contribution in [1.82, 2.24) is 0 Å². The van der Waals surface area contributed by atoms with Crippen LogP contribution in [-0.2, 0) is 16.6 Å². The van der Waals surface area contributed by atoms with Gasteiger partial charge in [0.1, 0.15) is 4.90 Å². The summed E-state index contributed by atoms with van der Waals surface area (Å²) in [6.45, 7) is 0.222. The molecule has 0 amide bonds. The third kappa shape index (κ3) is 3.30. The number of hydrogen-bond donors (Lipinski definition) is 2. The van der Waals surface area contributed by atoms with E-state index in [9.17, 15) is 8.42 Å². The molecule has 0 saturated carbocycles. The first-order valence-corrected chi connectivity index (χ1v) is 9.09. The van der Waals surface area contributed by atoms with E-state index in [0.29, 0.717) is 10.6 Å². The molecule has 102 valence electrons. The van der Waals surface area contributed by atoms with Gasteiger partial charge in [-0.1, -0.05) is 0 Å². The van der Waals surface area contributed by atoms with Crippen LogP contribution >= 0.6 is 23.1 Å². The Morgan fingerprint density at radius 2 is 1.95 bits per heavy atom. The summed E-state index contributed by atoms with van der Waals surface area (Å²) in [6.07, 6.45) is 1.97. The molecule has 0 radical (unpaired) electrons. The zero-order valence-electron chi connectivity index (χ0n) is 10.3. The van der Waals surface area contributed by atoms with E-state index in [1.54, 1.807) is 35.3 Å². The van der Waals surface area contributed by atoms with Gasteiger partial charge in [0.05, 0.1) is 0 Å². The van der Waals surface area contributed by atoms with Gasteiger partial charge in [0.2, 0.25) is 0 Å². The molecule has 0 bridgehead atoms. The van der Waals surface area contributed by atoms with Gasteiger partial charge in [-0.05, 0) is 42.0 Å². The van der Waals surface area contributed by atoms with Gasteiger partial charge in [0.15, 0.2) is 0 Å². The minimum Gasteiger partial charge on any atom is -0.326 e. The lowest BCUT2D eigenvalue weighted by molar-refractivity contribution is 0.600. The Balaban J connectivity index is 2.26. The summed E-state index contributed by atoms with van der Waals surface area (Å²) in [6, 6.07) is 8.82. The van der Waals surface area contributed by atoms with Crippen molar-refractivity contribution in [3.05, 3.63) is 40.6 Å². The van der Waals surface area contributed by atoms with Crippen LogP contribution in [0.15, 0.2) is 45.5 Å². The molecule has 0 aliphatic heterocycles. The first kappa shape index (κ1) is 14.4. The third-order valence-electron chi connectivity index (χ3n) is 2.52. The Kier molecular flexibility index (Phi) is 4.51. The average molecular weight is 314 g/mol. The molecular weight excluding hydrogens is 300 g/mol. The summed E-state index contributed by atoms with van der Waals surface area (Å²) >= 11 is 2.95. The molecule has 0 spiro atoms. The molecule has 1 aromatic heterocycles. The molecule has 19 heavy (non-hydrogen) atoms. The molecule has 0 unspecified atom stereocenters. The van der Waals surface area contributed by atoms with E-state index in [2.05, 4.69) is 4.72 Å². The van der Waals surface area contributed by atoms with Crippen LogP contribution in [0.3, 0.4) is 0 Å². The van der Waals surface area contributed by atoms with Gasteiger partial charge in [0.25, 0.3) is 10.0 Å². The fourth-order valence-electron chi connectivity index (χ4n) is 1.59. The lowest BCUT2D eigenvalue weighted by Gasteiger charge is -2.08. The minimum atomic E-state index is -3.56. The highest BCUT2D eigenvalue weighted by molar-refractivity contribution is 7.98. The Bertz CT molecular complexity index is 648. The summed E-state index contributed by atoms with van der Waals surface area (Å²) in [4.78, 5) is 2.00. The Morgan fingerprint density at radius 1 is 1.26 bits per heavy atom. The number of sulfonamides is 1. The molecule has 1 heterocycles. The number of thiophene rings is 1. The maximum atomic E-state index is 12.2. The SMILES string of the molecule is CSc1ccc(NS(=O)(=O)c2ccsc2CN)cc1. The third-order valence-corrected chi connectivity index (χ3v) is 5.80. The summed E-state index contributed by atoms with van der Waals surface area (Å²) in [5.74, 6) is 0. The Morgan fingerprint density at radius 3 is 2.53 bits per heavy atom. The van der Waals surface area contributed by atoms with Crippen LogP contribution in [0.1, 0.15) is 4.88 Å². The lowest BCUT2D eigenvalue weighted by Crippen LogP contribution is -2.14. The number of anilines is 1. The van der Waals surface area contributed by atoms with E-state index in [1.165, 1.54) is 11.3 Å². The van der Waals surface area contributed by atoms with Gasteiger partial charge in [-0.15, -0.1) is 23.1 Å². The predicted octanol–water partition coefficient (Wildman–Crippen LogP) is 2.73. The van der Waals surface area contributed by atoms with Crippen molar-refractivity contribution < 1.29 is 8.42 Å². The molecule has 0 atom stereocenters. The highest BCUT2D eigenvalue weighted by Gasteiger charge is 2.19. The van der Waals surface area contributed by atoms with E-state index in [1.807, 2.05) is 18.4 Å². The molecule has 0 fully saturated rings. The topological polar surface area (TPSA) is 72.2 Å². The second-order valence-electron chi connectivity index (χ2n) is 3.75. The molecule has 7 heteroatoms. The van der Waals surface area contributed by atoms with Crippen molar-refractivity contribution in [2.75, 3.05) is 11.0 Å². The molecule has 2 aromatic rings. The Labute approximate surface area is 121 Å². The minimum absolute atomic E-state index is 0.222. The second kappa shape index (κ2) is 5.96. The van der Waals surface area contributed by atoms with Gasteiger partial charge in [-0.2, -0.15) is 0 Å². The van der Waals surface area contributed by atoms with E-state index in [-0.39, 0.29) is 11.4 Å². The van der Waals surface area contributed by atoms with Crippen LogP contribution in [0.4, 0.5) is 5.69 Å². The van der Waals surface area contributed by atoms with Crippen molar-refractivity contribution in [3.63, 3.8) is 0 Å². The zero-order chi connectivity index (χ0) is 13.9. The van der Waals surface area contributed by atoms with Crippen molar-refractivity contribution in [2.24, 2.45) is 5.73 Å². The van der Waals surface area contributed by atoms with Crippen molar-refractivity contribution in [3.8, 4) is 0 Å². The quantitative estimate of drug-likeness (QED) is 0.832. The largest absolute Gasteiger partial charge is 0.326 e. The van der Waals surface area contributed by atoms with Crippen LogP contribution in [-0.4, -0.2) is 14.7 Å². The van der Waals surface area contributed by atoms with Crippen LogP contribution in [0.25, 0.3) is 0 Å². The number of nitrogens with two attached hydrogens (primary N) is 1. The number of rotatable bonds is 5. The number of benzene rings is 1. The van der Waals surface area contributed by atoms with Gasteiger partial charge in [0, 0.05) is 22.0 Å². The fraction of sp³-hybridized carbons (Fsp3) is 0.167. The van der Waals surface area contributed by atoms with Gasteiger partial charge < -0.3 is 5.73 Å². The smallest absolute Gasteiger partial charge is 0.263 e. The summed E-state index contributed by atoms with van der Waals surface area (Å²) < 4.78 is 27.0. The van der Waals surface area contributed by atoms with E-state index in [0.717, 1.165) is 4.90 Å². The number of hydrogen-bond acceptors (Lipinski definition) is 5. The first-order valence-electron chi connectivity index (χ1n) is 5.50. The van der Waals surface area contributed by atoms with Gasteiger partial charge >= 0.3 is 0 Å². The normalized spacial score (nSPS) is 11.5. The fourth-order valence-corrected chi connectivity index (χ4v) is 4.39. The van der Waals surface area contributed by atoms with Crippen LogP contribution < -0.4 is 10.5 Å².